The van der Waals surface area contributed by atoms with Crippen molar-refractivity contribution in [1.82, 2.24) is 0 Å². The van der Waals surface area contributed by atoms with Crippen LogP contribution in [0, 0.1) is 5.82 Å². The summed E-state index contributed by atoms with van der Waals surface area (Å²) in [5.41, 5.74) is 1.89. The summed E-state index contributed by atoms with van der Waals surface area (Å²) in [5, 5.41) is 0. The van der Waals surface area contributed by atoms with Gasteiger partial charge in [-0.3, -0.25) is 4.79 Å². The summed E-state index contributed by atoms with van der Waals surface area (Å²) in [6.45, 7) is 0.420. The van der Waals surface area contributed by atoms with Crippen LogP contribution in [0.15, 0.2) is 54.1 Å². The van der Waals surface area contributed by atoms with Gasteiger partial charge in [-0.2, -0.15) is 0 Å². The van der Waals surface area contributed by atoms with Crippen LogP contribution in [0.25, 0.3) is 6.08 Å². The van der Waals surface area contributed by atoms with Crippen LogP contribution >= 0.6 is 0 Å². The highest BCUT2D eigenvalue weighted by Gasteiger charge is 2.21. The second-order valence-electron chi connectivity index (χ2n) is 4.65. The molecule has 0 saturated carbocycles. The number of hydrogen-bond acceptors (Lipinski definition) is 2. The third-order valence-electron chi connectivity index (χ3n) is 3.25. The Morgan fingerprint density at radius 3 is 2.70 bits per heavy atom. The fourth-order valence-corrected chi connectivity index (χ4v) is 2.25. The maximum atomic E-state index is 13.3. The van der Waals surface area contributed by atoms with E-state index in [1.165, 1.54) is 18.2 Å². The van der Waals surface area contributed by atoms with Crippen LogP contribution in [-0.2, 0) is 0 Å². The molecule has 0 radical (unpaired) electrons. The number of Topliss-reactive ketones (excluding diaryl/α,β-unsaturated/α-hetero) is 1. The molecule has 1 aliphatic heterocycles. The number of ether oxygens (including phenoxy) is 1. The molecule has 0 fully saturated rings. The van der Waals surface area contributed by atoms with Gasteiger partial charge in [0.05, 0.1) is 12.2 Å². The summed E-state index contributed by atoms with van der Waals surface area (Å²) in [7, 11) is 0. The van der Waals surface area contributed by atoms with Crippen molar-refractivity contribution in [3.63, 3.8) is 0 Å². The van der Waals surface area contributed by atoms with E-state index in [2.05, 4.69) is 0 Å². The molecule has 0 atom stereocenters. The molecule has 2 aromatic rings. The van der Waals surface area contributed by atoms with Crippen LogP contribution in [0.2, 0.25) is 0 Å². The van der Waals surface area contributed by atoms with Gasteiger partial charge in [-0.05, 0) is 29.8 Å². The predicted molar refractivity (Wildman–Crippen MR) is 75.3 cm³/mol. The Morgan fingerprint density at radius 2 is 1.90 bits per heavy atom. The normalized spacial score (nSPS) is 16.4. The molecule has 0 saturated heterocycles. The third-order valence-corrected chi connectivity index (χ3v) is 3.25. The fourth-order valence-electron chi connectivity index (χ4n) is 2.25. The Kier molecular flexibility index (Phi) is 3.33. The average molecular weight is 268 g/mol. The Labute approximate surface area is 116 Å². The van der Waals surface area contributed by atoms with E-state index < -0.39 is 5.82 Å². The average Bonchev–Trinajstić information content (AvgIpc) is 2.61. The zero-order valence-corrected chi connectivity index (χ0v) is 10.8. The van der Waals surface area contributed by atoms with Gasteiger partial charge < -0.3 is 4.74 Å². The van der Waals surface area contributed by atoms with E-state index >= 15 is 0 Å². The maximum absolute atomic E-state index is 13.3. The zero-order chi connectivity index (χ0) is 13.9. The molecule has 0 unspecified atom stereocenters. The molecule has 3 heteroatoms. The Balaban J connectivity index is 2.03. The first-order valence-electron chi connectivity index (χ1n) is 6.47. The fraction of sp³-hybridized carbons (Fsp3) is 0.118. The lowest BCUT2D eigenvalue weighted by Crippen LogP contribution is -2.02. The number of hydrogen-bond donors (Lipinski definition) is 0. The van der Waals surface area contributed by atoms with Gasteiger partial charge in [0, 0.05) is 12.0 Å². The molecule has 0 aromatic heterocycles. The number of rotatable bonds is 1. The topological polar surface area (TPSA) is 26.3 Å². The predicted octanol–water partition coefficient (Wildman–Crippen LogP) is 3.87. The number of benzene rings is 2. The van der Waals surface area contributed by atoms with Crippen LogP contribution < -0.4 is 4.74 Å². The van der Waals surface area contributed by atoms with Gasteiger partial charge in [-0.15, -0.1) is 0 Å². The van der Waals surface area contributed by atoms with E-state index in [1.807, 2.05) is 36.4 Å². The minimum absolute atomic E-state index is 0.166. The molecule has 2 nitrogen and oxygen atoms in total. The second-order valence-corrected chi connectivity index (χ2v) is 4.65. The van der Waals surface area contributed by atoms with Crippen LogP contribution in [0.5, 0.6) is 5.75 Å². The molecule has 0 amide bonds. The summed E-state index contributed by atoms with van der Waals surface area (Å²) >= 11 is 0. The second kappa shape index (κ2) is 5.29. The van der Waals surface area contributed by atoms with Gasteiger partial charge in [0.1, 0.15) is 11.6 Å². The molecule has 100 valence electrons. The standard InChI is InChI=1S/C17H13FO2/c18-14-6-7-16-15(11-14)17(19)13(8-9-20-16)10-12-4-2-1-3-5-12/h1-7,10-11H,8-9H2/b13-10-. The van der Waals surface area contributed by atoms with Gasteiger partial charge in [-0.1, -0.05) is 30.3 Å². The van der Waals surface area contributed by atoms with E-state index in [1.54, 1.807) is 0 Å². The van der Waals surface area contributed by atoms with Crippen molar-refractivity contribution < 1.29 is 13.9 Å². The van der Waals surface area contributed by atoms with E-state index in [0.29, 0.717) is 29.9 Å². The Hall–Kier alpha value is -2.42. The number of carbonyl (C=O) groups excluding carboxylic acids is 1. The van der Waals surface area contributed by atoms with Crippen LogP contribution in [0.3, 0.4) is 0 Å². The third kappa shape index (κ3) is 2.48. The molecule has 0 N–H and O–H groups in total. The van der Waals surface area contributed by atoms with Crippen molar-refractivity contribution in [2.75, 3.05) is 6.61 Å². The summed E-state index contributed by atoms with van der Waals surface area (Å²) in [6, 6.07) is 13.7. The molecule has 1 heterocycles. The summed E-state index contributed by atoms with van der Waals surface area (Å²) in [6.07, 6.45) is 2.36. The monoisotopic (exact) mass is 268 g/mol. The first-order valence-corrected chi connectivity index (χ1v) is 6.47. The smallest absolute Gasteiger partial charge is 0.192 e. The van der Waals surface area contributed by atoms with Crippen molar-refractivity contribution >= 4 is 11.9 Å². The van der Waals surface area contributed by atoms with E-state index in [0.717, 1.165) is 5.56 Å². The lowest BCUT2D eigenvalue weighted by Gasteiger charge is -2.04. The number of ketones is 1. The molecule has 1 aliphatic rings. The van der Waals surface area contributed by atoms with Crippen LogP contribution in [0.1, 0.15) is 22.3 Å². The zero-order valence-electron chi connectivity index (χ0n) is 10.8. The number of fused-ring (bicyclic) bond motifs is 1. The van der Waals surface area contributed by atoms with Crippen molar-refractivity contribution in [2.24, 2.45) is 0 Å². The molecule has 3 rings (SSSR count). The summed E-state index contributed by atoms with van der Waals surface area (Å²) in [4.78, 5) is 12.5. The van der Waals surface area contributed by atoms with E-state index in [9.17, 15) is 9.18 Å². The highest BCUT2D eigenvalue weighted by atomic mass is 19.1. The van der Waals surface area contributed by atoms with Gasteiger partial charge in [-0.25, -0.2) is 4.39 Å². The molecular weight excluding hydrogens is 255 g/mol. The van der Waals surface area contributed by atoms with Gasteiger partial charge in [0.25, 0.3) is 0 Å². The summed E-state index contributed by atoms with van der Waals surface area (Å²) in [5.74, 6) is -0.143. The van der Waals surface area contributed by atoms with Crippen LogP contribution in [0.4, 0.5) is 4.39 Å². The highest BCUT2D eigenvalue weighted by Crippen LogP contribution is 2.28. The summed E-state index contributed by atoms with van der Waals surface area (Å²) < 4.78 is 18.8. The Bertz CT molecular complexity index is 675. The van der Waals surface area contributed by atoms with Crippen molar-refractivity contribution in [1.29, 1.82) is 0 Å². The van der Waals surface area contributed by atoms with Crippen molar-refractivity contribution in [3.05, 3.63) is 71.0 Å². The van der Waals surface area contributed by atoms with Gasteiger partial charge in [0.2, 0.25) is 0 Å². The maximum Gasteiger partial charge on any atom is 0.192 e. The lowest BCUT2D eigenvalue weighted by molar-refractivity contribution is 0.103. The first-order chi connectivity index (χ1) is 9.74. The largest absolute Gasteiger partial charge is 0.492 e. The van der Waals surface area contributed by atoms with E-state index in [4.69, 9.17) is 4.74 Å². The molecule has 0 bridgehead atoms. The molecule has 0 aliphatic carbocycles. The Morgan fingerprint density at radius 1 is 1.10 bits per heavy atom. The highest BCUT2D eigenvalue weighted by molar-refractivity contribution is 6.13. The van der Waals surface area contributed by atoms with Crippen LogP contribution in [-0.4, -0.2) is 12.4 Å². The van der Waals surface area contributed by atoms with E-state index in [-0.39, 0.29) is 5.78 Å². The van der Waals surface area contributed by atoms with Gasteiger partial charge >= 0.3 is 0 Å². The minimum Gasteiger partial charge on any atom is -0.492 e. The van der Waals surface area contributed by atoms with Gasteiger partial charge in [0.15, 0.2) is 5.78 Å². The van der Waals surface area contributed by atoms with Crippen molar-refractivity contribution in [3.8, 4) is 5.75 Å². The molecule has 0 spiro atoms. The first kappa shape index (κ1) is 12.6. The molecular formula is C17H13FO2. The van der Waals surface area contributed by atoms with Crippen molar-refractivity contribution in [2.45, 2.75) is 6.42 Å². The quantitative estimate of drug-likeness (QED) is 0.734. The number of halogens is 1. The molecule has 20 heavy (non-hydrogen) atoms. The number of carbonyl (C=O) groups is 1. The SMILES string of the molecule is O=C1/C(=C\c2ccccc2)CCOc2ccc(F)cc21. The molecule has 2 aromatic carbocycles. The minimum atomic E-state index is -0.429. The lowest BCUT2D eigenvalue weighted by atomic mass is 9.99.